The van der Waals surface area contributed by atoms with Crippen molar-refractivity contribution < 1.29 is 0 Å². The third-order valence-corrected chi connectivity index (χ3v) is 3.06. The van der Waals surface area contributed by atoms with Crippen LogP contribution in [-0.2, 0) is 0 Å². The van der Waals surface area contributed by atoms with E-state index in [0.717, 1.165) is 23.2 Å². The summed E-state index contributed by atoms with van der Waals surface area (Å²) in [4.78, 5) is 6.76. The van der Waals surface area contributed by atoms with E-state index in [0.29, 0.717) is 0 Å². The lowest BCUT2D eigenvalue weighted by atomic mass is 10.1. The van der Waals surface area contributed by atoms with Gasteiger partial charge < -0.3 is 4.90 Å². The van der Waals surface area contributed by atoms with E-state index >= 15 is 0 Å². The van der Waals surface area contributed by atoms with Gasteiger partial charge in [0.1, 0.15) is 0 Å². The van der Waals surface area contributed by atoms with Crippen molar-refractivity contribution >= 4 is 28.0 Å². The quantitative estimate of drug-likeness (QED) is 0.590. The maximum atomic E-state index is 4.46. The van der Waals surface area contributed by atoms with Gasteiger partial charge in [-0.3, -0.25) is 0 Å². The second-order valence-electron chi connectivity index (χ2n) is 3.82. The molecule has 2 nitrogen and oxygen atoms in total. The third-order valence-electron chi connectivity index (χ3n) is 2.57. The topological polar surface area (TPSA) is 15.6 Å². The average molecular weight is 267 g/mol. The van der Waals surface area contributed by atoms with Gasteiger partial charge >= 0.3 is 0 Å². The Morgan fingerprint density at radius 1 is 1.20 bits per heavy atom. The molecule has 2 rings (SSSR count). The van der Waals surface area contributed by atoms with E-state index in [1.165, 1.54) is 19.3 Å². The predicted molar refractivity (Wildman–Crippen MR) is 67.7 cm³/mol. The number of nitrogens with zero attached hydrogens (tertiary/aromatic N) is 2. The molecule has 1 aliphatic heterocycles. The van der Waals surface area contributed by atoms with Crippen molar-refractivity contribution in [3.8, 4) is 0 Å². The summed E-state index contributed by atoms with van der Waals surface area (Å²) in [5.41, 5.74) is 1.01. The number of benzene rings is 1. The first-order valence-electron chi connectivity index (χ1n) is 5.38. The van der Waals surface area contributed by atoms with Gasteiger partial charge in [0.05, 0.1) is 12.0 Å². The second-order valence-corrected chi connectivity index (χ2v) is 4.74. The number of hydrogen-bond acceptors (Lipinski definition) is 1. The van der Waals surface area contributed by atoms with Gasteiger partial charge in [-0.1, -0.05) is 22.0 Å². The molecule has 0 atom stereocenters. The molecule has 1 fully saturated rings. The van der Waals surface area contributed by atoms with Crippen LogP contribution in [-0.4, -0.2) is 24.3 Å². The molecule has 0 N–H and O–H groups in total. The van der Waals surface area contributed by atoms with Crippen LogP contribution in [0.5, 0.6) is 0 Å². The summed E-state index contributed by atoms with van der Waals surface area (Å²) in [5.74, 6) is 0. The molecule has 15 heavy (non-hydrogen) atoms. The highest BCUT2D eigenvalue weighted by atomic mass is 79.9. The molecule has 0 spiro atoms. The van der Waals surface area contributed by atoms with Crippen LogP contribution in [0.25, 0.3) is 0 Å². The fourth-order valence-electron chi connectivity index (χ4n) is 1.74. The SMILES string of the molecule is Brc1cccc(N=CN2CCCCC2)c1. The van der Waals surface area contributed by atoms with Crippen LogP contribution in [0.2, 0.25) is 0 Å². The first-order chi connectivity index (χ1) is 7.34. The molecule has 0 bridgehead atoms. The van der Waals surface area contributed by atoms with Crippen LogP contribution in [0.15, 0.2) is 33.7 Å². The molecule has 1 aromatic carbocycles. The van der Waals surface area contributed by atoms with E-state index in [1.54, 1.807) is 0 Å². The van der Waals surface area contributed by atoms with Crippen LogP contribution in [0, 0.1) is 0 Å². The van der Waals surface area contributed by atoms with Crippen molar-refractivity contribution in [3.05, 3.63) is 28.7 Å². The zero-order valence-electron chi connectivity index (χ0n) is 8.69. The molecule has 0 saturated carbocycles. The van der Waals surface area contributed by atoms with E-state index in [1.807, 2.05) is 30.6 Å². The number of likely N-dealkylation sites (tertiary alicyclic amines) is 1. The smallest absolute Gasteiger partial charge is 0.0912 e. The fraction of sp³-hybridized carbons (Fsp3) is 0.417. The highest BCUT2D eigenvalue weighted by molar-refractivity contribution is 9.10. The van der Waals surface area contributed by atoms with Gasteiger partial charge in [-0.15, -0.1) is 0 Å². The highest BCUT2D eigenvalue weighted by Crippen LogP contribution is 2.18. The molecule has 0 amide bonds. The molecule has 0 aliphatic carbocycles. The Hall–Kier alpha value is -0.830. The van der Waals surface area contributed by atoms with Crippen molar-refractivity contribution in [3.63, 3.8) is 0 Å². The fourth-order valence-corrected chi connectivity index (χ4v) is 2.13. The molecule has 1 heterocycles. The molecule has 80 valence electrons. The number of rotatable bonds is 2. The average Bonchev–Trinajstić information content (AvgIpc) is 2.28. The van der Waals surface area contributed by atoms with Crippen LogP contribution < -0.4 is 0 Å². The van der Waals surface area contributed by atoms with Crippen molar-refractivity contribution in [2.45, 2.75) is 19.3 Å². The van der Waals surface area contributed by atoms with E-state index in [2.05, 4.69) is 25.8 Å². The van der Waals surface area contributed by atoms with Gasteiger partial charge in [-0.2, -0.15) is 0 Å². The van der Waals surface area contributed by atoms with Gasteiger partial charge in [0, 0.05) is 17.6 Å². The normalized spacial score (nSPS) is 17.3. The largest absolute Gasteiger partial charge is 0.363 e. The van der Waals surface area contributed by atoms with Crippen LogP contribution in [0.1, 0.15) is 19.3 Å². The van der Waals surface area contributed by atoms with Crippen molar-refractivity contribution in [1.29, 1.82) is 0 Å². The molecule has 1 aromatic rings. The first kappa shape index (κ1) is 10.7. The Bertz CT molecular complexity index is 343. The molecular weight excluding hydrogens is 252 g/mol. The lowest BCUT2D eigenvalue weighted by molar-refractivity contribution is 0.351. The van der Waals surface area contributed by atoms with Gasteiger partial charge in [0.15, 0.2) is 0 Å². The molecule has 0 unspecified atom stereocenters. The Morgan fingerprint density at radius 3 is 2.73 bits per heavy atom. The monoisotopic (exact) mass is 266 g/mol. The second kappa shape index (κ2) is 5.31. The van der Waals surface area contributed by atoms with E-state index in [4.69, 9.17) is 0 Å². The molecule has 0 aromatic heterocycles. The van der Waals surface area contributed by atoms with Crippen molar-refractivity contribution in [2.75, 3.05) is 13.1 Å². The number of hydrogen-bond donors (Lipinski definition) is 0. The maximum Gasteiger partial charge on any atom is 0.0912 e. The van der Waals surface area contributed by atoms with Crippen molar-refractivity contribution in [2.24, 2.45) is 4.99 Å². The van der Waals surface area contributed by atoms with E-state index < -0.39 is 0 Å². The molecule has 3 heteroatoms. The minimum atomic E-state index is 1.01. The minimum Gasteiger partial charge on any atom is -0.363 e. The van der Waals surface area contributed by atoms with Crippen molar-refractivity contribution in [1.82, 2.24) is 4.90 Å². The predicted octanol–water partition coefficient (Wildman–Crippen LogP) is 3.59. The van der Waals surface area contributed by atoms with Crippen LogP contribution in [0.3, 0.4) is 0 Å². The molecule has 1 saturated heterocycles. The first-order valence-corrected chi connectivity index (χ1v) is 6.18. The Kier molecular flexibility index (Phi) is 3.78. The van der Waals surface area contributed by atoms with Gasteiger partial charge in [-0.05, 0) is 37.5 Å². The zero-order valence-corrected chi connectivity index (χ0v) is 10.3. The Balaban J connectivity index is 1.97. The van der Waals surface area contributed by atoms with E-state index in [-0.39, 0.29) is 0 Å². The van der Waals surface area contributed by atoms with Crippen LogP contribution in [0.4, 0.5) is 5.69 Å². The van der Waals surface area contributed by atoms with Gasteiger partial charge in [0.2, 0.25) is 0 Å². The summed E-state index contributed by atoms with van der Waals surface area (Å²) in [5, 5.41) is 0. The highest BCUT2D eigenvalue weighted by Gasteiger charge is 2.05. The maximum absolute atomic E-state index is 4.46. The van der Waals surface area contributed by atoms with Crippen LogP contribution >= 0.6 is 15.9 Å². The van der Waals surface area contributed by atoms with E-state index in [9.17, 15) is 0 Å². The summed E-state index contributed by atoms with van der Waals surface area (Å²) < 4.78 is 1.08. The zero-order chi connectivity index (χ0) is 10.5. The minimum absolute atomic E-state index is 1.01. The lowest BCUT2D eigenvalue weighted by Gasteiger charge is -2.23. The van der Waals surface area contributed by atoms with Gasteiger partial charge in [-0.25, -0.2) is 4.99 Å². The number of aliphatic imine (C=N–C) groups is 1. The standard InChI is InChI=1S/C12H15BrN2/c13-11-5-4-6-12(9-11)14-10-15-7-2-1-3-8-15/h4-6,9-10H,1-3,7-8H2. The summed E-state index contributed by atoms with van der Waals surface area (Å²) in [7, 11) is 0. The number of piperidine rings is 1. The third kappa shape index (κ3) is 3.34. The summed E-state index contributed by atoms with van der Waals surface area (Å²) >= 11 is 3.44. The molecular formula is C12H15BrN2. The molecule has 1 aliphatic rings. The molecule has 0 radical (unpaired) electrons. The number of halogens is 1. The summed E-state index contributed by atoms with van der Waals surface area (Å²) in [6, 6.07) is 8.07. The van der Waals surface area contributed by atoms with Gasteiger partial charge in [0.25, 0.3) is 0 Å². The summed E-state index contributed by atoms with van der Waals surface area (Å²) in [6.45, 7) is 2.30. The Morgan fingerprint density at radius 2 is 2.00 bits per heavy atom. The Labute approximate surface area is 99.1 Å². The summed E-state index contributed by atoms with van der Waals surface area (Å²) in [6.07, 6.45) is 5.93. The lowest BCUT2D eigenvalue weighted by Crippen LogP contribution is -2.27.